The van der Waals surface area contributed by atoms with Crippen molar-refractivity contribution in [3.05, 3.63) is 46.5 Å². The maximum atomic E-state index is 4.14. The number of benzene rings is 1. The molecule has 0 heterocycles. The number of rotatable bonds is 0. The van der Waals surface area contributed by atoms with Crippen molar-refractivity contribution in [2.24, 2.45) is 0 Å². The lowest BCUT2D eigenvalue weighted by Crippen LogP contribution is -1.98. The minimum absolute atomic E-state index is 1.02. The number of hydrogen-bond acceptors (Lipinski definition) is 0. The first kappa shape index (κ1) is 9.26. The molecule has 72 valence electrons. The molecule has 0 N–H and O–H groups in total. The molecule has 0 nitrogen and oxygen atoms in total. The molecule has 0 amide bonds. The van der Waals surface area contributed by atoms with Gasteiger partial charge in [0.05, 0.1) is 0 Å². The van der Waals surface area contributed by atoms with E-state index in [4.69, 9.17) is 0 Å². The third-order valence-corrected chi connectivity index (χ3v) is 2.94. The molecule has 2 rings (SSSR count). The van der Waals surface area contributed by atoms with E-state index in [2.05, 4.69) is 45.6 Å². The van der Waals surface area contributed by atoms with Crippen molar-refractivity contribution in [2.45, 2.75) is 27.2 Å². The molecule has 14 heavy (non-hydrogen) atoms. The first-order valence-corrected chi connectivity index (χ1v) is 5.04. The number of hydrogen-bond donors (Lipinski definition) is 0. The third kappa shape index (κ3) is 1.41. The van der Waals surface area contributed by atoms with E-state index in [9.17, 15) is 0 Å². The minimum atomic E-state index is 1.02. The summed E-state index contributed by atoms with van der Waals surface area (Å²) in [4.78, 5) is 0. The topological polar surface area (TPSA) is 0 Å². The number of allylic oxidation sites excluding steroid dienone is 2. The van der Waals surface area contributed by atoms with Crippen molar-refractivity contribution in [1.29, 1.82) is 0 Å². The van der Waals surface area contributed by atoms with Crippen LogP contribution in [0.1, 0.15) is 35.6 Å². The Morgan fingerprint density at radius 1 is 1.07 bits per heavy atom. The Labute approximate surface area is 86.0 Å². The molecule has 0 bridgehead atoms. The van der Waals surface area contributed by atoms with Gasteiger partial charge >= 0.3 is 0 Å². The Morgan fingerprint density at radius 3 is 2.43 bits per heavy atom. The van der Waals surface area contributed by atoms with Crippen LogP contribution >= 0.6 is 0 Å². The highest BCUT2D eigenvalue weighted by molar-refractivity contribution is 5.80. The molecular weight excluding hydrogens is 168 g/mol. The Hall–Kier alpha value is -1.30. The lowest BCUT2D eigenvalue weighted by Gasteiger charge is -2.18. The summed E-state index contributed by atoms with van der Waals surface area (Å²) in [6.07, 6.45) is 3.30. The normalized spacial score (nSPS) is 15.1. The summed E-state index contributed by atoms with van der Waals surface area (Å²) in [7, 11) is 0. The monoisotopic (exact) mass is 184 g/mol. The van der Waals surface area contributed by atoms with Crippen molar-refractivity contribution in [3.63, 3.8) is 0 Å². The van der Waals surface area contributed by atoms with Crippen LogP contribution in [0.4, 0.5) is 0 Å². The summed E-state index contributed by atoms with van der Waals surface area (Å²) in [5.74, 6) is 0. The lowest BCUT2D eigenvalue weighted by atomic mass is 9.87. The van der Waals surface area contributed by atoms with Crippen molar-refractivity contribution in [3.8, 4) is 0 Å². The van der Waals surface area contributed by atoms with Crippen LogP contribution in [0.3, 0.4) is 0 Å². The largest absolute Gasteiger partial charge is 0.0949 e. The van der Waals surface area contributed by atoms with Gasteiger partial charge in [0.25, 0.3) is 0 Å². The molecule has 0 saturated carbocycles. The lowest BCUT2D eigenvalue weighted by molar-refractivity contribution is 1.20. The zero-order valence-electron chi connectivity index (χ0n) is 9.15. The summed E-state index contributed by atoms with van der Waals surface area (Å²) in [6, 6.07) is 4.52. The van der Waals surface area contributed by atoms with Gasteiger partial charge in [-0.1, -0.05) is 30.4 Å². The van der Waals surface area contributed by atoms with Crippen LogP contribution in [-0.4, -0.2) is 0 Å². The van der Waals surface area contributed by atoms with Gasteiger partial charge in [0.1, 0.15) is 0 Å². The first-order valence-electron chi connectivity index (χ1n) is 5.04. The second-order valence-corrected chi connectivity index (χ2v) is 4.29. The van der Waals surface area contributed by atoms with Gasteiger partial charge in [0.15, 0.2) is 0 Å². The van der Waals surface area contributed by atoms with Gasteiger partial charge in [-0.15, -0.1) is 0 Å². The van der Waals surface area contributed by atoms with Crippen molar-refractivity contribution in [1.82, 2.24) is 0 Å². The van der Waals surface area contributed by atoms with Gasteiger partial charge in [-0.2, -0.15) is 0 Å². The highest BCUT2D eigenvalue weighted by Gasteiger charge is 2.12. The van der Waals surface area contributed by atoms with Crippen molar-refractivity contribution in [2.75, 3.05) is 0 Å². The Morgan fingerprint density at radius 2 is 1.71 bits per heavy atom. The van der Waals surface area contributed by atoms with Gasteiger partial charge in [0, 0.05) is 0 Å². The van der Waals surface area contributed by atoms with E-state index in [1.807, 2.05) is 0 Å². The van der Waals surface area contributed by atoms with Crippen LogP contribution in [0.5, 0.6) is 0 Å². The predicted octanol–water partition coefficient (Wildman–Crippen LogP) is 4.12. The highest BCUT2D eigenvalue weighted by Crippen LogP contribution is 2.32. The molecule has 0 aromatic heterocycles. The smallest absolute Gasteiger partial charge is 0.00663 e. The van der Waals surface area contributed by atoms with Gasteiger partial charge in [0.2, 0.25) is 0 Å². The van der Waals surface area contributed by atoms with Crippen LogP contribution in [0.2, 0.25) is 0 Å². The van der Waals surface area contributed by atoms with E-state index in [1.54, 1.807) is 0 Å². The number of aryl methyl sites for hydroxylation is 2. The molecule has 0 fully saturated rings. The maximum absolute atomic E-state index is 4.14. The molecule has 0 unspecified atom stereocenters. The van der Waals surface area contributed by atoms with Crippen LogP contribution in [0.25, 0.3) is 11.6 Å². The van der Waals surface area contributed by atoms with Crippen LogP contribution < -0.4 is 0 Å². The molecule has 0 atom stereocenters. The molecule has 0 heteroatoms. The Bertz CT molecular complexity index is 434. The van der Waals surface area contributed by atoms with Gasteiger partial charge < -0.3 is 0 Å². The summed E-state index contributed by atoms with van der Waals surface area (Å²) in [5, 5.41) is 0. The summed E-state index contributed by atoms with van der Waals surface area (Å²) >= 11 is 0. The SMILES string of the molecule is C=C1CC(C)=Cc2cc(C)c(C)cc21. The fourth-order valence-corrected chi connectivity index (χ4v) is 2.01. The fraction of sp³-hybridized carbons (Fsp3) is 0.286. The van der Waals surface area contributed by atoms with Gasteiger partial charge in [-0.3, -0.25) is 0 Å². The maximum Gasteiger partial charge on any atom is -0.00663 e. The quantitative estimate of drug-likeness (QED) is 0.569. The zero-order chi connectivity index (χ0) is 10.3. The second kappa shape index (κ2) is 3.13. The van der Waals surface area contributed by atoms with Crippen LogP contribution in [-0.2, 0) is 0 Å². The molecule has 1 aromatic rings. The van der Waals surface area contributed by atoms with E-state index >= 15 is 0 Å². The summed E-state index contributed by atoms with van der Waals surface area (Å²) in [6.45, 7) is 10.6. The molecule has 1 aliphatic rings. The highest BCUT2D eigenvalue weighted by atomic mass is 14.2. The average molecular weight is 184 g/mol. The Kier molecular flexibility index (Phi) is 2.07. The zero-order valence-corrected chi connectivity index (χ0v) is 9.15. The molecule has 1 aromatic carbocycles. The summed E-state index contributed by atoms with van der Waals surface area (Å²) in [5.41, 5.74) is 8.05. The molecule has 0 spiro atoms. The third-order valence-electron chi connectivity index (χ3n) is 2.94. The van der Waals surface area contributed by atoms with E-state index < -0.39 is 0 Å². The molecule has 1 aliphatic carbocycles. The molecule has 0 radical (unpaired) electrons. The van der Waals surface area contributed by atoms with E-state index in [-0.39, 0.29) is 0 Å². The van der Waals surface area contributed by atoms with Gasteiger partial charge in [-0.05, 0) is 55.0 Å². The molecular formula is C14H16. The molecule has 0 saturated heterocycles. The average Bonchev–Trinajstić information content (AvgIpc) is 2.08. The standard InChI is InChI=1S/C14H16/c1-9-5-12(4)14-8-11(3)10(2)7-13(14)6-9/h6-8H,4-5H2,1-3H3. The fourth-order valence-electron chi connectivity index (χ4n) is 2.01. The first-order chi connectivity index (χ1) is 6.58. The van der Waals surface area contributed by atoms with Crippen molar-refractivity contribution >= 4 is 11.6 Å². The predicted molar refractivity (Wildman–Crippen MR) is 63.2 cm³/mol. The number of fused-ring (bicyclic) bond motifs is 1. The van der Waals surface area contributed by atoms with E-state index in [1.165, 1.54) is 33.4 Å². The van der Waals surface area contributed by atoms with E-state index in [0.717, 1.165) is 6.42 Å². The minimum Gasteiger partial charge on any atom is -0.0949 e. The van der Waals surface area contributed by atoms with Crippen LogP contribution in [0, 0.1) is 13.8 Å². The van der Waals surface area contributed by atoms with Crippen LogP contribution in [0.15, 0.2) is 24.3 Å². The summed E-state index contributed by atoms with van der Waals surface area (Å²) < 4.78 is 0. The van der Waals surface area contributed by atoms with Gasteiger partial charge in [-0.25, -0.2) is 0 Å². The second-order valence-electron chi connectivity index (χ2n) is 4.29. The molecule has 0 aliphatic heterocycles. The van der Waals surface area contributed by atoms with E-state index in [0.29, 0.717) is 0 Å². The Balaban J connectivity index is 2.67. The van der Waals surface area contributed by atoms with Crippen molar-refractivity contribution < 1.29 is 0 Å².